The summed E-state index contributed by atoms with van der Waals surface area (Å²) in [5.74, 6) is 2.30. The second-order valence-corrected chi connectivity index (χ2v) is 12.8. The lowest BCUT2D eigenvalue weighted by molar-refractivity contribution is 0.217. The molecule has 43 heavy (non-hydrogen) atoms. The third kappa shape index (κ3) is 5.37. The second-order valence-electron chi connectivity index (χ2n) is 12.8. The van der Waals surface area contributed by atoms with Gasteiger partial charge in [0.25, 0.3) is 0 Å². The molecule has 0 aromatic heterocycles. The Morgan fingerprint density at radius 2 is 0.953 bits per heavy atom. The summed E-state index contributed by atoms with van der Waals surface area (Å²) < 4.78 is 12.9. The Kier molecular flexibility index (Phi) is 8.51. The molecule has 0 saturated carbocycles. The van der Waals surface area contributed by atoms with Crippen molar-refractivity contribution in [2.75, 3.05) is 11.5 Å². The predicted octanol–water partition coefficient (Wildman–Crippen LogP) is 9.82. The first kappa shape index (κ1) is 30.5. The lowest BCUT2D eigenvalue weighted by Crippen LogP contribution is -2.29. The number of fused-ring (bicyclic) bond motifs is 3. The Labute approximate surface area is 258 Å². The van der Waals surface area contributed by atoms with Gasteiger partial charge < -0.3 is 20.9 Å². The summed E-state index contributed by atoms with van der Waals surface area (Å²) >= 11 is 0. The maximum Gasteiger partial charge on any atom is 0.120 e. The van der Waals surface area contributed by atoms with Crippen molar-refractivity contribution in [2.45, 2.75) is 97.7 Å². The zero-order valence-electron chi connectivity index (χ0n) is 27.1. The molecule has 0 saturated heterocycles. The number of nitrogen functional groups attached to an aromatic ring is 2. The van der Waals surface area contributed by atoms with Crippen LogP contribution in [0.3, 0.4) is 0 Å². The fourth-order valence-electron chi connectivity index (χ4n) is 6.46. The smallest absolute Gasteiger partial charge is 0.120 e. The zero-order valence-corrected chi connectivity index (χ0v) is 27.1. The highest BCUT2D eigenvalue weighted by Crippen LogP contribution is 2.58. The molecule has 0 amide bonds. The lowest BCUT2D eigenvalue weighted by atomic mass is 9.66. The SMILES string of the molecule is CCC(C)Oc1ccc2c(c1)C(c1ccc(N)c(C(C)C)c1)(c1ccc(N)c(C(C)C)c1)c1cc(OC(C)CC)ccc1-2. The monoisotopic (exact) mass is 576 g/mol. The number of hydrogen-bond acceptors (Lipinski definition) is 4. The van der Waals surface area contributed by atoms with E-state index in [0.717, 1.165) is 46.8 Å². The Bertz CT molecular complexity index is 1500. The third-order valence-electron chi connectivity index (χ3n) is 9.19. The molecule has 0 fully saturated rings. The third-order valence-corrected chi connectivity index (χ3v) is 9.19. The molecule has 4 aromatic rings. The van der Waals surface area contributed by atoms with Crippen molar-refractivity contribution in [1.82, 2.24) is 0 Å². The van der Waals surface area contributed by atoms with E-state index in [2.05, 4.69) is 128 Å². The summed E-state index contributed by atoms with van der Waals surface area (Å²) in [4.78, 5) is 0. The highest BCUT2D eigenvalue weighted by atomic mass is 16.5. The number of benzene rings is 4. The van der Waals surface area contributed by atoms with Gasteiger partial charge in [0.05, 0.1) is 17.6 Å². The van der Waals surface area contributed by atoms with Gasteiger partial charge in [0.15, 0.2) is 0 Å². The Morgan fingerprint density at radius 3 is 1.30 bits per heavy atom. The van der Waals surface area contributed by atoms with E-state index in [1.54, 1.807) is 0 Å². The first-order chi connectivity index (χ1) is 20.5. The summed E-state index contributed by atoms with van der Waals surface area (Å²) in [6.07, 6.45) is 2.09. The van der Waals surface area contributed by atoms with E-state index in [-0.39, 0.29) is 24.0 Å². The summed E-state index contributed by atoms with van der Waals surface area (Å²) in [6.45, 7) is 17.4. The molecule has 0 bridgehead atoms. The molecule has 0 aliphatic heterocycles. The van der Waals surface area contributed by atoms with Gasteiger partial charge in [-0.25, -0.2) is 0 Å². The lowest BCUT2D eigenvalue weighted by Gasteiger charge is -2.35. The average Bonchev–Trinajstić information content (AvgIpc) is 3.26. The van der Waals surface area contributed by atoms with Gasteiger partial charge in [-0.15, -0.1) is 0 Å². The van der Waals surface area contributed by atoms with E-state index in [0.29, 0.717) is 0 Å². The molecule has 2 atom stereocenters. The van der Waals surface area contributed by atoms with Gasteiger partial charge in [0.1, 0.15) is 11.5 Å². The van der Waals surface area contributed by atoms with Crippen LogP contribution in [0.5, 0.6) is 11.5 Å². The van der Waals surface area contributed by atoms with Crippen LogP contribution in [0, 0.1) is 0 Å². The van der Waals surface area contributed by atoms with Crippen LogP contribution in [-0.4, -0.2) is 12.2 Å². The molecule has 2 unspecified atom stereocenters. The molecule has 0 radical (unpaired) electrons. The largest absolute Gasteiger partial charge is 0.491 e. The molecule has 226 valence electrons. The Balaban J connectivity index is 1.92. The minimum absolute atomic E-state index is 0.111. The summed E-state index contributed by atoms with van der Waals surface area (Å²) in [7, 11) is 0. The topological polar surface area (TPSA) is 70.5 Å². The van der Waals surface area contributed by atoms with E-state index in [9.17, 15) is 0 Å². The van der Waals surface area contributed by atoms with Crippen LogP contribution in [0.2, 0.25) is 0 Å². The van der Waals surface area contributed by atoms with Crippen LogP contribution in [-0.2, 0) is 5.41 Å². The first-order valence-corrected chi connectivity index (χ1v) is 15.9. The van der Waals surface area contributed by atoms with E-state index in [1.807, 2.05) is 0 Å². The van der Waals surface area contributed by atoms with Crippen molar-refractivity contribution in [3.63, 3.8) is 0 Å². The molecule has 5 rings (SSSR count). The molecule has 4 nitrogen and oxygen atoms in total. The van der Waals surface area contributed by atoms with Crippen molar-refractivity contribution in [3.05, 3.63) is 106 Å². The minimum Gasteiger partial charge on any atom is -0.491 e. The number of hydrogen-bond donors (Lipinski definition) is 2. The van der Waals surface area contributed by atoms with Gasteiger partial charge in [-0.1, -0.05) is 77.9 Å². The predicted molar refractivity (Wildman–Crippen MR) is 182 cm³/mol. The van der Waals surface area contributed by atoms with Crippen molar-refractivity contribution in [1.29, 1.82) is 0 Å². The second kappa shape index (κ2) is 12.0. The quantitative estimate of drug-likeness (QED) is 0.162. The molecule has 4 N–H and O–H groups in total. The van der Waals surface area contributed by atoms with Crippen molar-refractivity contribution >= 4 is 11.4 Å². The number of nitrogens with two attached hydrogens (primary N) is 2. The van der Waals surface area contributed by atoms with E-state index in [4.69, 9.17) is 20.9 Å². The Morgan fingerprint density at radius 1 is 0.558 bits per heavy atom. The molecule has 1 aliphatic rings. The normalized spacial score (nSPS) is 14.8. The van der Waals surface area contributed by atoms with Crippen LogP contribution < -0.4 is 20.9 Å². The van der Waals surface area contributed by atoms with Crippen LogP contribution in [0.1, 0.15) is 113 Å². The average molecular weight is 577 g/mol. The molecular formula is C39H48N2O2. The minimum atomic E-state index is -0.636. The summed E-state index contributed by atoms with van der Waals surface area (Å²) in [5, 5.41) is 0. The van der Waals surface area contributed by atoms with Crippen LogP contribution in [0.15, 0.2) is 72.8 Å². The van der Waals surface area contributed by atoms with Gasteiger partial charge in [-0.2, -0.15) is 0 Å². The maximum atomic E-state index is 6.58. The highest BCUT2D eigenvalue weighted by molar-refractivity contribution is 5.88. The van der Waals surface area contributed by atoms with E-state index < -0.39 is 5.41 Å². The molecule has 0 heterocycles. The zero-order chi connectivity index (χ0) is 31.1. The van der Waals surface area contributed by atoms with Crippen molar-refractivity contribution in [2.24, 2.45) is 0 Å². The maximum absolute atomic E-state index is 6.58. The summed E-state index contributed by atoms with van der Waals surface area (Å²) in [5.41, 5.74) is 23.6. The van der Waals surface area contributed by atoms with Crippen LogP contribution >= 0.6 is 0 Å². The van der Waals surface area contributed by atoms with Crippen molar-refractivity contribution < 1.29 is 9.47 Å². The van der Waals surface area contributed by atoms with E-state index >= 15 is 0 Å². The van der Waals surface area contributed by atoms with Gasteiger partial charge >= 0.3 is 0 Å². The number of anilines is 2. The Hall–Kier alpha value is -3.92. The molecular weight excluding hydrogens is 528 g/mol. The molecule has 4 heteroatoms. The van der Waals surface area contributed by atoms with Crippen molar-refractivity contribution in [3.8, 4) is 22.6 Å². The molecule has 1 aliphatic carbocycles. The van der Waals surface area contributed by atoms with Gasteiger partial charge in [0.2, 0.25) is 0 Å². The summed E-state index contributed by atoms with van der Waals surface area (Å²) in [6, 6.07) is 26.4. The fourth-order valence-corrected chi connectivity index (χ4v) is 6.46. The molecule has 0 spiro atoms. The van der Waals surface area contributed by atoms with Gasteiger partial charge in [-0.05, 0) is 119 Å². The standard InChI is InChI=1S/C39H48N2O2/c1-9-25(7)42-29-13-15-31-32-16-14-30(43-26(8)10-2)22-36(32)39(35(31)21-29,27-11-17-37(40)33(19-27)23(3)4)28-12-18-38(41)34(20-28)24(5)6/h11-26H,9-10,40-41H2,1-8H3. The number of rotatable bonds is 10. The molecule has 4 aromatic carbocycles. The van der Waals surface area contributed by atoms with Crippen LogP contribution in [0.4, 0.5) is 11.4 Å². The first-order valence-electron chi connectivity index (χ1n) is 15.9. The fraction of sp³-hybridized carbons (Fsp3) is 0.385. The van der Waals surface area contributed by atoms with Gasteiger partial charge in [0, 0.05) is 11.4 Å². The van der Waals surface area contributed by atoms with Crippen LogP contribution in [0.25, 0.3) is 11.1 Å². The van der Waals surface area contributed by atoms with Gasteiger partial charge in [-0.3, -0.25) is 0 Å². The number of ether oxygens (including phenoxy) is 2. The van der Waals surface area contributed by atoms with E-state index in [1.165, 1.54) is 33.4 Å². The highest BCUT2D eigenvalue weighted by Gasteiger charge is 2.47.